The van der Waals surface area contributed by atoms with Crippen molar-refractivity contribution >= 4 is 6.03 Å². The average Bonchev–Trinajstić information content (AvgIpc) is 2.35. The molecule has 1 atom stereocenters. The lowest BCUT2D eigenvalue weighted by Gasteiger charge is -2.35. The van der Waals surface area contributed by atoms with Gasteiger partial charge in [0.2, 0.25) is 0 Å². The minimum atomic E-state index is -0.872. The molecule has 0 bridgehead atoms. The van der Waals surface area contributed by atoms with Crippen molar-refractivity contribution in [3.63, 3.8) is 0 Å². The maximum Gasteiger partial charge on any atom is 0.318 e. The second-order valence-electron chi connectivity index (χ2n) is 5.41. The summed E-state index contributed by atoms with van der Waals surface area (Å²) in [5, 5.41) is 2.86. The zero-order valence-electron chi connectivity index (χ0n) is 12.1. The fourth-order valence-electron chi connectivity index (χ4n) is 2.06. The first-order chi connectivity index (χ1) is 9.45. The standard InChI is InChI=1S/C15H21FN2O2/c1-10(2)20-14-6-4-12(5-7-14)11(3)17-15(19)18-8-13(16)9-18/h4-7,10-11,13H,8-9H2,1-3H3,(H,17,19). The minimum absolute atomic E-state index is 0.116. The van der Waals surface area contributed by atoms with Crippen molar-refractivity contribution in [1.82, 2.24) is 10.2 Å². The van der Waals surface area contributed by atoms with Gasteiger partial charge in [0.1, 0.15) is 11.9 Å². The first kappa shape index (κ1) is 14.6. The van der Waals surface area contributed by atoms with Crippen molar-refractivity contribution in [3.8, 4) is 5.75 Å². The Labute approximate surface area is 118 Å². The highest BCUT2D eigenvalue weighted by Crippen LogP contribution is 2.19. The summed E-state index contributed by atoms with van der Waals surface area (Å²) in [6.45, 7) is 6.24. The van der Waals surface area contributed by atoms with E-state index in [1.54, 1.807) is 0 Å². The Kier molecular flexibility index (Phi) is 4.47. The predicted molar refractivity (Wildman–Crippen MR) is 75.6 cm³/mol. The molecule has 1 saturated heterocycles. The van der Waals surface area contributed by atoms with Crippen LogP contribution in [-0.2, 0) is 0 Å². The molecule has 20 heavy (non-hydrogen) atoms. The highest BCUT2D eigenvalue weighted by atomic mass is 19.1. The van der Waals surface area contributed by atoms with Gasteiger partial charge in [0, 0.05) is 0 Å². The Bertz CT molecular complexity index is 455. The largest absolute Gasteiger partial charge is 0.491 e. The van der Waals surface area contributed by atoms with Gasteiger partial charge in [0.25, 0.3) is 0 Å². The number of nitrogens with one attached hydrogen (secondary N) is 1. The van der Waals surface area contributed by atoms with Crippen molar-refractivity contribution in [1.29, 1.82) is 0 Å². The first-order valence-corrected chi connectivity index (χ1v) is 6.92. The Balaban J connectivity index is 1.88. The van der Waals surface area contributed by atoms with Crippen LogP contribution in [-0.4, -0.2) is 36.3 Å². The van der Waals surface area contributed by atoms with E-state index in [-0.39, 0.29) is 31.3 Å². The molecule has 1 aliphatic rings. The van der Waals surface area contributed by atoms with Crippen molar-refractivity contribution in [3.05, 3.63) is 29.8 Å². The number of hydrogen-bond donors (Lipinski definition) is 1. The van der Waals surface area contributed by atoms with Gasteiger partial charge < -0.3 is 15.0 Å². The average molecular weight is 280 g/mol. The number of likely N-dealkylation sites (tertiary alicyclic amines) is 1. The van der Waals surface area contributed by atoms with E-state index in [4.69, 9.17) is 4.74 Å². The van der Waals surface area contributed by atoms with Crippen LogP contribution in [0.4, 0.5) is 9.18 Å². The number of ether oxygens (including phenoxy) is 1. The third kappa shape index (κ3) is 3.62. The summed E-state index contributed by atoms with van der Waals surface area (Å²) in [6.07, 6.45) is -0.735. The first-order valence-electron chi connectivity index (χ1n) is 6.92. The van der Waals surface area contributed by atoms with Gasteiger partial charge in [0.05, 0.1) is 25.2 Å². The molecule has 1 aliphatic heterocycles. The zero-order valence-corrected chi connectivity index (χ0v) is 12.1. The summed E-state index contributed by atoms with van der Waals surface area (Å²) in [7, 11) is 0. The van der Waals surface area contributed by atoms with E-state index in [1.807, 2.05) is 45.0 Å². The molecule has 2 amide bonds. The number of rotatable bonds is 4. The Morgan fingerprint density at radius 2 is 1.90 bits per heavy atom. The van der Waals surface area contributed by atoms with Crippen molar-refractivity contribution < 1.29 is 13.9 Å². The molecule has 110 valence electrons. The van der Waals surface area contributed by atoms with Gasteiger partial charge >= 0.3 is 6.03 Å². The maximum atomic E-state index is 12.7. The quantitative estimate of drug-likeness (QED) is 0.921. The molecule has 0 radical (unpaired) electrons. The SMILES string of the molecule is CC(C)Oc1ccc(C(C)NC(=O)N2CC(F)C2)cc1. The highest BCUT2D eigenvalue weighted by molar-refractivity contribution is 5.75. The highest BCUT2D eigenvalue weighted by Gasteiger charge is 2.30. The van der Waals surface area contributed by atoms with E-state index in [0.29, 0.717) is 0 Å². The summed E-state index contributed by atoms with van der Waals surface area (Å²) in [4.78, 5) is 13.3. The molecule has 0 saturated carbocycles. The van der Waals surface area contributed by atoms with Crippen molar-refractivity contribution in [2.75, 3.05) is 13.1 Å². The number of halogens is 1. The van der Waals surface area contributed by atoms with Gasteiger partial charge in [-0.1, -0.05) is 12.1 Å². The van der Waals surface area contributed by atoms with E-state index in [2.05, 4.69) is 5.32 Å². The van der Waals surface area contributed by atoms with Gasteiger partial charge in [-0.3, -0.25) is 0 Å². The van der Waals surface area contributed by atoms with E-state index in [9.17, 15) is 9.18 Å². The Morgan fingerprint density at radius 1 is 1.30 bits per heavy atom. The van der Waals surface area contributed by atoms with E-state index >= 15 is 0 Å². The minimum Gasteiger partial charge on any atom is -0.491 e. The van der Waals surface area contributed by atoms with Gasteiger partial charge in [0.15, 0.2) is 0 Å². The number of nitrogens with zero attached hydrogens (tertiary/aromatic N) is 1. The molecule has 1 aromatic rings. The summed E-state index contributed by atoms with van der Waals surface area (Å²) >= 11 is 0. The molecule has 1 heterocycles. The molecular weight excluding hydrogens is 259 g/mol. The molecule has 1 N–H and O–H groups in total. The van der Waals surface area contributed by atoms with Gasteiger partial charge in [-0.05, 0) is 38.5 Å². The molecule has 0 aliphatic carbocycles. The van der Waals surface area contributed by atoms with Crippen LogP contribution in [0.2, 0.25) is 0 Å². The lowest BCUT2D eigenvalue weighted by atomic mass is 10.1. The number of alkyl halides is 1. The van der Waals surface area contributed by atoms with Crippen LogP contribution < -0.4 is 10.1 Å². The Morgan fingerprint density at radius 3 is 2.40 bits per heavy atom. The maximum absolute atomic E-state index is 12.7. The molecule has 1 unspecified atom stereocenters. The molecule has 1 aromatic carbocycles. The number of carbonyl (C=O) groups is 1. The van der Waals surface area contributed by atoms with Crippen LogP contribution in [0.1, 0.15) is 32.4 Å². The second kappa shape index (κ2) is 6.11. The van der Waals surface area contributed by atoms with Crippen LogP contribution in [0.3, 0.4) is 0 Å². The summed E-state index contributed by atoms with van der Waals surface area (Å²) in [6, 6.07) is 7.30. The van der Waals surface area contributed by atoms with Crippen LogP contribution >= 0.6 is 0 Å². The third-order valence-electron chi connectivity index (χ3n) is 3.22. The van der Waals surface area contributed by atoms with Crippen molar-refractivity contribution in [2.45, 2.75) is 39.1 Å². The van der Waals surface area contributed by atoms with Crippen molar-refractivity contribution in [2.24, 2.45) is 0 Å². The summed E-state index contributed by atoms with van der Waals surface area (Å²) < 4.78 is 18.3. The van der Waals surface area contributed by atoms with Crippen LogP contribution in [0.15, 0.2) is 24.3 Å². The topological polar surface area (TPSA) is 41.6 Å². The van der Waals surface area contributed by atoms with Crippen LogP contribution in [0.25, 0.3) is 0 Å². The molecule has 4 nitrogen and oxygen atoms in total. The smallest absolute Gasteiger partial charge is 0.318 e. The number of urea groups is 1. The predicted octanol–water partition coefficient (Wildman–Crippen LogP) is 2.90. The summed E-state index contributed by atoms with van der Waals surface area (Å²) in [5.41, 5.74) is 0.992. The molecule has 2 rings (SSSR count). The fraction of sp³-hybridized carbons (Fsp3) is 0.533. The van der Waals surface area contributed by atoms with Crippen LogP contribution in [0, 0.1) is 0 Å². The molecule has 0 aromatic heterocycles. The molecule has 1 fully saturated rings. The van der Waals surface area contributed by atoms with Crippen LogP contribution in [0.5, 0.6) is 5.75 Å². The normalized spacial score (nSPS) is 16.8. The van der Waals surface area contributed by atoms with E-state index in [1.165, 1.54) is 4.90 Å². The third-order valence-corrected chi connectivity index (χ3v) is 3.22. The van der Waals surface area contributed by atoms with E-state index < -0.39 is 6.17 Å². The molecule has 5 heteroatoms. The monoisotopic (exact) mass is 280 g/mol. The number of benzene rings is 1. The number of amides is 2. The summed E-state index contributed by atoms with van der Waals surface area (Å²) in [5.74, 6) is 0.810. The van der Waals surface area contributed by atoms with Gasteiger partial charge in [-0.25, -0.2) is 9.18 Å². The lowest BCUT2D eigenvalue weighted by Crippen LogP contribution is -2.55. The molecule has 0 spiro atoms. The Hall–Kier alpha value is -1.78. The van der Waals surface area contributed by atoms with Gasteiger partial charge in [-0.15, -0.1) is 0 Å². The number of hydrogen-bond acceptors (Lipinski definition) is 2. The number of carbonyl (C=O) groups excluding carboxylic acids is 1. The van der Waals surface area contributed by atoms with Gasteiger partial charge in [-0.2, -0.15) is 0 Å². The fourth-order valence-corrected chi connectivity index (χ4v) is 2.06. The second-order valence-corrected chi connectivity index (χ2v) is 5.41. The molecular formula is C15H21FN2O2. The zero-order chi connectivity index (χ0) is 14.7. The lowest BCUT2D eigenvalue weighted by molar-refractivity contribution is 0.0884. The van der Waals surface area contributed by atoms with E-state index in [0.717, 1.165) is 11.3 Å².